The molecule has 1 heterocycles. The lowest BCUT2D eigenvalue weighted by Gasteiger charge is -2.44. The van der Waals surface area contributed by atoms with Crippen LogP contribution in [0.2, 0.25) is 0 Å². The van der Waals surface area contributed by atoms with E-state index in [0.29, 0.717) is 24.1 Å². The zero-order valence-electron chi connectivity index (χ0n) is 14.4. The van der Waals surface area contributed by atoms with Crippen LogP contribution in [0, 0.1) is 11.3 Å². The van der Waals surface area contributed by atoms with E-state index < -0.39 is 0 Å². The summed E-state index contributed by atoms with van der Waals surface area (Å²) < 4.78 is 0. The van der Waals surface area contributed by atoms with Gasteiger partial charge in [0.1, 0.15) is 0 Å². The van der Waals surface area contributed by atoms with Crippen molar-refractivity contribution in [1.29, 1.82) is 0 Å². The topological polar surface area (TPSA) is 35.5 Å². The van der Waals surface area contributed by atoms with Gasteiger partial charge in [0.15, 0.2) is 0 Å². The maximum Gasteiger partial charge on any atom is 0.0586 e. The van der Waals surface area contributed by atoms with E-state index in [4.69, 9.17) is 0 Å². The summed E-state index contributed by atoms with van der Waals surface area (Å²) in [5.74, 6) is 0.737. The van der Waals surface area contributed by atoms with Crippen molar-refractivity contribution in [3.8, 4) is 0 Å². The lowest BCUT2D eigenvalue weighted by atomic mass is 9.69. The van der Waals surface area contributed by atoms with E-state index in [1.807, 2.05) is 0 Å². The Hall–Kier alpha value is -0.120. The summed E-state index contributed by atoms with van der Waals surface area (Å²) in [6, 6.07) is 1.07. The predicted molar refractivity (Wildman–Crippen MR) is 89.5 cm³/mol. The van der Waals surface area contributed by atoms with E-state index in [0.717, 1.165) is 12.5 Å². The van der Waals surface area contributed by atoms with Gasteiger partial charge < -0.3 is 10.4 Å². The molecule has 21 heavy (non-hydrogen) atoms. The van der Waals surface area contributed by atoms with Crippen molar-refractivity contribution >= 4 is 0 Å². The molecule has 2 rings (SSSR count). The molecule has 2 aliphatic rings. The van der Waals surface area contributed by atoms with Gasteiger partial charge in [-0.3, -0.25) is 4.90 Å². The van der Waals surface area contributed by atoms with E-state index in [1.165, 1.54) is 58.0 Å². The smallest absolute Gasteiger partial charge is 0.0586 e. The molecule has 1 saturated heterocycles. The lowest BCUT2D eigenvalue weighted by molar-refractivity contribution is 0.0627. The van der Waals surface area contributed by atoms with Crippen LogP contribution in [-0.4, -0.2) is 48.3 Å². The van der Waals surface area contributed by atoms with Gasteiger partial charge in [0.2, 0.25) is 0 Å². The predicted octanol–water partition coefficient (Wildman–Crippen LogP) is 3.03. The molecular weight excluding hydrogens is 260 g/mol. The van der Waals surface area contributed by atoms with Crippen LogP contribution in [-0.2, 0) is 0 Å². The molecule has 3 atom stereocenters. The van der Waals surface area contributed by atoms with Crippen molar-refractivity contribution in [3.63, 3.8) is 0 Å². The van der Waals surface area contributed by atoms with Gasteiger partial charge in [0.05, 0.1) is 6.61 Å². The van der Waals surface area contributed by atoms with Crippen LogP contribution < -0.4 is 5.32 Å². The SMILES string of the molecule is CCNC1CCC(C)(C)CC1CN1CCCCCC1CO. The summed E-state index contributed by atoms with van der Waals surface area (Å²) in [7, 11) is 0. The van der Waals surface area contributed by atoms with Gasteiger partial charge in [-0.1, -0.05) is 33.6 Å². The number of hydrogen-bond acceptors (Lipinski definition) is 3. The average molecular weight is 296 g/mol. The van der Waals surface area contributed by atoms with Gasteiger partial charge in [-0.15, -0.1) is 0 Å². The zero-order chi connectivity index (χ0) is 15.3. The van der Waals surface area contributed by atoms with Gasteiger partial charge in [0.25, 0.3) is 0 Å². The van der Waals surface area contributed by atoms with Crippen LogP contribution in [0.1, 0.15) is 65.7 Å². The number of nitrogens with one attached hydrogen (secondary N) is 1. The average Bonchev–Trinajstić information content (AvgIpc) is 2.66. The van der Waals surface area contributed by atoms with Gasteiger partial charge in [0, 0.05) is 18.6 Å². The monoisotopic (exact) mass is 296 g/mol. The van der Waals surface area contributed by atoms with Gasteiger partial charge in [-0.05, 0) is 56.5 Å². The Labute approximate surface area is 131 Å². The minimum Gasteiger partial charge on any atom is -0.395 e. The second kappa shape index (κ2) is 7.94. The first kappa shape index (κ1) is 17.2. The summed E-state index contributed by atoms with van der Waals surface area (Å²) in [5, 5.41) is 13.5. The number of nitrogens with zero attached hydrogens (tertiary/aromatic N) is 1. The van der Waals surface area contributed by atoms with E-state index in [-0.39, 0.29) is 0 Å². The highest BCUT2D eigenvalue weighted by atomic mass is 16.3. The van der Waals surface area contributed by atoms with Crippen molar-refractivity contribution in [2.45, 2.75) is 77.8 Å². The minimum atomic E-state index is 0.335. The maximum absolute atomic E-state index is 9.73. The van der Waals surface area contributed by atoms with Crippen LogP contribution in [0.3, 0.4) is 0 Å². The molecule has 1 saturated carbocycles. The van der Waals surface area contributed by atoms with Crippen molar-refractivity contribution < 1.29 is 5.11 Å². The Morgan fingerprint density at radius 3 is 2.71 bits per heavy atom. The summed E-state index contributed by atoms with van der Waals surface area (Å²) >= 11 is 0. The number of rotatable bonds is 5. The first-order chi connectivity index (χ1) is 10.1. The van der Waals surface area contributed by atoms with Crippen molar-refractivity contribution in [2.24, 2.45) is 11.3 Å². The third-order valence-corrected chi connectivity index (χ3v) is 5.66. The highest BCUT2D eigenvalue weighted by Gasteiger charge is 2.36. The quantitative estimate of drug-likeness (QED) is 0.818. The van der Waals surface area contributed by atoms with Gasteiger partial charge >= 0.3 is 0 Å². The van der Waals surface area contributed by atoms with Crippen LogP contribution in [0.25, 0.3) is 0 Å². The highest BCUT2D eigenvalue weighted by molar-refractivity contribution is 4.91. The third-order valence-electron chi connectivity index (χ3n) is 5.66. The van der Waals surface area contributed by atoms with Crippen molar-refractivity contribution in [2.75, 3.05) is 26.2 Å². The molecule has 0 aromatic rings. The van der Waals surface area contributed by atoms with E-state index in [1.54, 1.807) is 0 Å². The second-order valence-electron chi connectivity index (χ2n) is 8.01. The second-order valence-corrected chi connectivity index (χ2v) is 8.01. The first-order valence-corrected chi connectivity index (χ1v) is 9.14. The Balaban J connectivity index is 2.01. The lowest BCUT2D eigenvalue weighted by Crippen LogP contribution is -2.50. The summed E-state index contributed by atoms with van der Waals surface area (Å²) in [6.45, 7) is 10.8. The highest BCUT2D eigenvalue weighted by Crippen LogP contribution is 2.39. The normalized spacial score (nSPS) is 34.6. The molecule has 124 valence electrons. The van der Waals surface area contributed by atoms with Crippen molar-refractivity contribution in [3.05, 3.63) is 0 Å². The molecule has 0 amide bonds. The van der Waals surface area contributed by atoms with E-state index >= 15 is 0 Å². The molecule has 0 aromatic carbocycles. The van der Waals surface area contributed by atoms with Crippen LogP contribution in [0.4, 0.5) is 0 Å². The fourth-order valence-electron chi connectivity index (χ4n) is 4.44. The van der Waals surface area contributed by atoms with Crippen LogP contribution >= 0.6 is 0 Å². The Morgan fingerprint density at radius 1 is 1.19 bits per heavy atom. The van der Waals surface area contributed by atoms with Crippen molar-refractivity contribution in [1.82, 2.24) is 10.2 Å². The fourth-order valence-corrected chi connectivity index (χ4v) is 4.44. The number of likely N-dealkylation sites (tertiary alicyclic amines) is 1. The number of aliphatic hydroxyl groups excluding tert-OH is 1. The molecule has 3 nitrogen and oxygen atoms in total. The largest absolute Gasteiger partial charge is 0.395 e. The first-order valence-electron chi connectivity index (χ1n) is 9.14. The molecule has 0 bridgehead atoms. The molecule has 0 aromatic heterocycles. The standard InChI is InChI=1S/C18H36N2O/c1-4-19-17-9-10-18(2,3)12-15(17)13-20-11-7-5-6-8-16(20)14-21/h15-17,19,21H,4-14H2,1-3H3. The Morgan fingerprint density at radius 2 is 2.00 bits per heavy atom. The molecular formula is C18H36N2O. The molecule has 2 fully saturated rings. The number of aliphatic hydroxyl groups is 1. The molecule has 1 aliphatic carbocycles. The maximum atomic E-state index is 9.73. The number of hydrogen-bond donors (Lipinski definition) is 2. The Kier molecular flexibility index (Phi) is 6.51. The van der Waals surface area contributed by atoms with E-state index in [9.17, 15) is 5.11 Å². The summed E-state index contributed by atoms with van der Waals surface area (Å²) in [4.78, 5) is 2.60. The molecule has 3 heteroatoms. The molecule has 1 aliphatic heterocycles. The fraction of sp³-hybridized carbons (Fsp3) is 1.00. The molecule has 0 spiro atoms. The van der Waals surface area contributed by atoms with Gasteiger partial charge in [-0.2, -0.15) is 0 Å². The molecule has 2 N–H and O–H groups in total. The molecule has 3 unspecified atom stereocenters. The van der Waals surface area contributed by atoms with E-state index in [2.05, 4.69) is 31.0 Å². The molecule has 0 radical (unpaired) electrons. The minimum absolute atomic E-state index is 0.335. The van der Waals surface area contributed by atoms with Crippen LogP contribution in [0.5, 0.6) is 0 Å². The Bertz CT molecular complexity index is 306. The zero-order valence-corrected chi connectivity index (χ0v) is 14.4. The summed E-state index contributed by atoms with van der Waals surface area (Å²) in [5.41, 5.74) is 0.483. The third kappa shape index (κ3) is 4.94. The van der Waals surface area contributed by atoms with Crippen LogP contribution in [0.15, 0.2) is 0 Å². The van der Waals surface area contributed by atoms with Gasteiger partial charge in [-0.25, -0.2) is 0 Å². The summed E-state index contributed by atoms with van der Waals surface area (Å²) in [6.07, 6.45) is 9.07.